The van der Waals surface area contributed by atoms with Crippen molar-refractivity contribution in [2.75, 3.05) is 17.6 Å². The highest BCUT2D eigenvalue weighted by molar-refractivity contribution is 5.90. The molecule has 1 amide bonds. The van der Waals surface area contributed by atoms with Gasteiger partial charge in [-0.1, -0.05) is 31.9 Å². The molecule has 0 spiro atoms. The van der Waals surface area contributed by atoms with Gasteiger partial charge in [0.05, 0.1) is 11.1 Å². The lowest BCUT2D eigenvalue weighted by molar-refractivity contribution is -0.119. The second-order valence-electron chi connectivity index (χ2n) is 6.15. The Bertz CT molecular complexity index is 688. The first kappa shape index (κ1) is 17.0. The maximum absolute atomic E-state index is 11.3. The molecule has 6 nitrogen and oxygen atoms in total. The highest BCUT2D eigenvalue weighted by Gasteiger charge is 2.25. The molecule has 2 rings (SSSR count). The molecule has 1 unspecified atom stereocenters. The van der Waals surface area contributed by atoms with Gasteiger partial charge in [0.1, 0.15) is 5.82 Å². The van der Waals surface area contributed by atoms with Crippen LogP contribution in [0.5, 0.6) is 0 Å². The van der Waals surface area contributed by atoms with Gasteiger partial charge in [0.25, 0.3) is 0 Å². The van der Waals surface area contributed by atoms with E-state index in [-0.39, 0.29) is 17.4 Å². The van der Waals surface area contributed by atoms with Crippen molar-refractivity contribution in [1.29, 1.82) is 0 Å². The number of anilines is 2. The van der Waals surface area contributed by atoms with Crippen molar-refractivity contribution in [3.8, 4) is 0 Å². The van der Waals surface area contributed by atoms with Crippen LogP contribution in [-0.2, 0) is 4.79 Å². The van der Waals surface area contributed by atoms with Gasteiger partial charge in [-0.2, -0.15) is 4.98 Å². The van der Waals surface area contributed by atoms with Crippen LogP contribution in [0.1, 0.15) is 40.0 Å². The summed E-state index contributed by atoms with van der Waals surface area (Å²) >= 11 is 0. The lowest BCUT2D eigenvalue weighted by atomic mass is 9.94. The average Bonchev–Trinajstić information content (AvgIpc) is 2.51. The predicted molar refractivity (Wildman–Crippen MR) is 94.2 cm³/mol. The minimum absolute atomic E-state index is 0.0402. The normalized spacial score (nSPS) is 13.5. The first-order valence-electron chi connectivity index (χ1n) is 7.98. The summed E-state index contributed by atoms with van der Waals surface area (Å²) in [5, 5.41) is 7.31. The van der Waals surface area contributed by atoms with Crippen LogP contribution in [0.25, 0.3) is 10.9 Å². The fraction of sp³-hybridized carbons (Fsp3) is 0.471. The molecule has 0 bridgehead atoms. The predicted octanol–water partition coefficient (Wildman–Crippen LogP) is 2.71. The fourth-order valence-electron chi connectivity index (χ4n) is 2.56. The number of carbonyl (C=O) groups excluding carboxylic acids is 1. The summed E-state index contributed by atoms with van der Waals surface area (Å²) in [4.78, 5) is 19.9. The molecule has 0 radical (unpaired) electrons. The van der Waals surface area contributed by atoms with Crippen molar-refractivity contribution in [3.05, 3.63) is 24.3 Å². The third-order valence-corrected chi connectivity index (χ3v) is 3.85. The van der Waals surface area contributed by atoms with E-state index in [0.29, 0.717) is 12.4 Å². The first-order chi connectivity index (χ1) is 10.9. The van der Waals surface area contributed by atoms with Crippen molar-refractivity contribution >= 4 is 28.6 Å². The topological polar surface area (TPSA) is 92.9 Å². The van der Waals surface area contributed by atoms with Gasteiger partial charge in [0, 0.05) is 18.9 Å². The Morgan fingerprint density at radius 1 is 1.30 bits per heavy atom. The van der Waals surface area contributed by atoms with Crippen LogP contribution in [-0.4, -0.2) is 28.0 Å². The molecule has 23 heavy (non-hydrogen) atoms. The molecule has 1 atom stereocenters. The summed E-state index contributed by atoms with van der Waals surface area (Å²) < 4.78 is 0. The summed E-state index contributed by atoms with van der Waals surface area (Å²) in [5.41, 5.74) is 6.34. The minimum atomic E-state index is -0.300. The van der Waals surface area contributed by atoms with E-state index in [1.165, 1.54) is 6.92 Å². The number of nitrogens with one attached hydrogen (secondary N) is 2. The van der Waals surface area contributed by atoms with Crippen LogP contribution in [0.3, 0.4) is 0 Å². The van der Waals surface area contributed by atoms with Crippen LogP contribution in [0.2, 0.25) is 0 Å². The molecule has 1 aromatic carbocycles. The van der Waals surface area contributed by atoms with E-state index < -0.39 is 0 Å². The maximum atomic E-state index is 11.3. The number of fused-ring (bicyclic) bond motifs is 1. The molecule has 1 heterocycles. The van der Waals surface area contributed by atoms with Crippen molar-refractivity contribution in [2.24, 2.45) is 0 Å². The van der Waals surface area contributed by atoms with Gasteiger partial charge in [0.2, 0.25) is 11.9 Å². The Kier molecular flexibility index (Phi) is 5.36. The number of rotatable bonds is 7. The molecule has 0 aliphatic carbocycles. The van der Waals surface area contributed by atoms with E-state index in [2.05, 4.69) is 34.4 Å². The van der Waals surface area contributed by atoms with Crippen molar-refractivity contribution in [2.45, 2.75) is 45.6 Å². The average molecular weight is 315 g/mol. The quantitative estimate of drug-likeness (QED) is 0.730. The molecule has 4 N–H and O–H groups in total. The zero-order chi connectivity index (χ0) is 16.9. The van der Waals surface area contributed by atoms with Crippen molar-refractivity contribution in [1.82, 2.24) is 15.3 Å². The van der Waals surface area contributed by atoms with Gasteiger partial charge in [-0.15, -0.1) is 0 Å². The first-order valence-corrected chi connectivity index (χ1v) is 7.98. The second-order valence-corrected chi connectivity index (χ2v) is 6.15. The number of nitrogen functional groups attached to an aromatic ring is 1. The number of hydrogen-bond donors (Lipinski definition) is 3. The summed E-state index contributed by atoms with van der Waals surface area (Å²) in [6.07, 6.45) is 3.06. The Balaban J connectivity index is 2.33. The number of aromatic nitrogens is 2. The SMILES string of the molecule is CCCCC(C)(CNC(C)=O)Nc1nc(N)nc2ccccc12. The van der Waals surface area contributed by atoms with E-state index in [0.717, 1.165) is 30.2 Å². The van der Waals surface area contributed by atoms with Crippen LogP contribution >= 0.6 is 0 Å². The molecule has 0 fully saturated rings. The highest BCUT2D eigenvalue weighted by Crippen LogP contribution is 2.26. The summed E-state index contributed by atoms with van der Waals surface area (Å²) in [6, 6.07) is 7.75. The lowest BCUT2D eigenvalue weighted by Gasteiger charge is -2.32. The molecule has 124 valence electrons. The standard InChI is InChI=1S/C17H25N5O/c1-4-5-10-17(3,11-19-12(2)23)22-15-13-8-6-7-9-14(13)20-16(18)21-15/h6-9H,4-5,10-11H2,1-3H3,(H,19,23)(H3,18,20,21,22). The maximum Gasteiger partial charge on any atom is 0.222 e. The summed E-state index contributed by atoms with van der Waals surface area (Å²) in [5.74, 6) is 0.905. The number of nitrogens with two attached hydrogens (primary N) is 1. The van der Waals surface area contributed by atoms with Gasteiger partial charge in [-0.25, -0.2) is 4.98 Å². The number of amides is 1. The number of carbonyl (C=O) groups is 1. The Morgan fingerprint density at radius 2 is 2.04 bits per heavy atom. The molecular formula is C17H25N5O. The molecule has 2 aromatic rings. The van der Waals surface area contributed by atoms with E-state index >= 15 is 0 Å². The number of nitrogens with zero attached hydrogens (tertiary/aromatic N) is 2. The van der Waals surface area contributed by atoms with Crippen LogP contribution in [0.4, 0.5) is 11.8 Å². The van der Waals surface area contributed by atoms with Gasteiger partial charge >= 0.3 is 0 Å². The van der Waals surface area contributed by atoms with E-state index in [1.807, 2.05) is 24.3 Å². The summed E-state index contributed by atoms with van der Waals surface area (Å²) in [6.45, 7) is 6.29. The Morgan fingerprint density at radius 3 is 2.74 bits per heavy atom. The molecule has 0 aliphatic rings. The largest absolute Gasteiger partial charge is 0.368 e. The number of para-hydroxylation sites is 1. The van der Waals surface area contributed by atoms with Gasteiger partial charge < -0.3 is 16.4 Å². The third-order valence-electron chi connectivity index (χ3n) is 3.85. The third kappa shape index (κ3) is 4.55. The Labute approximate surface area is 136 Å². The molecule has 6 heteroatoms. The van der Waals surface area contributed by atoms with Gasteiger partial charge in [-0.3, -0.25) is 4.79 Å². The zero-order valence-corrected chi connectivity index (χ0v) is 14.0. The molecule has 0 saturated carbocycles. The molecule has 0 aliphatic heterocycles. The minimum Gasteiger partial charge on any atom is -0.368 e. The van der Waals surface area contributed by atoms with E-state index in [1.54, 1.807) is 0 Å². The van der Waals surface area contributed by atoms with Crippen LogP contribution in [0.15, 0.2) is 24.3 Å². The van der Waals surface area contributed by atoms with Crippen molar-refractivity contribution < 1.29 is 4.79 Å². The summed E-state index contributed by atoms with van der Waals surface area (Å²) in [7, 11) is 0. The second kappa shape index (κ2) is 7.26. The van der Waals surface area contributed by atoms with Crippen LogP contribution in [0, 0.1) is 0 Å². The highest BCUT2D eigenvalue weighted by atomic mass is 16.1. The van der Waals surface area contributed by atoms with E-state index in [9.17, 15) is 4.79 Å². The monoisotopic (exact) mass is 315 g/mol. The van der Waals surface area contributed by atoms with E-state index in [4.69, 9.17) is 5.73 Å². The van der Waals surface area contributed by atoms with Crippen LogP contribution < -0.4 is 16.4 Å². The lowest BCUT2D eigenvalue weighted by Crippen LogP contribution is -2.46. The van der Waals surface area contributed by atoms with Crippen molar-refractivity contribution in [3.63, 3.8) is 0 Å². The van der Waals surface area contributed by atoms with Gasteiger partial charge in [-0.05, 0) is 25.5 Å². The number of unbranched alkanes of at least 4 members (excludes halogenated alkanes) is 1. The number of benzene rings is 1. The molecular weight excluding hydrogens is 290 g/mol. The van der Waals surface area contributed by atoms with Gasteiger partial charge in [0.15, 0.2) is 0 Å². The smallest absolute Gasteiger partial charge is 0.222 e. The molecule has 1 aromatic heterocycles. The fourth-order valence-corrected chi connectivity index (χ4v) is 2.56. The zero-order valence-electron chi connectivity index (χ0n) is 14.0. The Hall–Kier alpha value is -2.37. The molecule has 0 saturated heterocycles. The number of hydrogen-bond acceptors (Lipinski definition) is 5.